The van der Waals surface area contributed by atoms with Crippen LogP contribution in [0.2, 0.25) is 0 Å². The molecule has 2 aromatic heterocycles. The van der Waals surface area contributed by atoms with Gasteiger partial charge in [0, 0.05) is 13.0 Å². The van der Waals surface area contributed by atoms with Crippen molar-refractivity contribution < 1.29 is 19.4 Å². The van der Waals surface area contributed by atoms with Crippen molar-refractivity contribution in [2.75, 3.05) is 39.1 Å². The number of aliphatic hydroxyl groups excluding tert-OH is 1. The number of anilines is 1. The molecular formula is C30H40N6O4S. The number of nitrogens with two attached hydrogens (primary N) is 1. The fourth-order valence-corrected chi connectivity index (χ4v) is 7.10. The van der Waals surface area contributed by atoms with Gasteiger partial charge in [0.1, 0.15) is 6.23 Å². The fraction of sp³-hybridized carbons (Fsp3) is 0.533. The van der Waals surface area contributed by atoms with E-state index in [-0.39, 0.29) is 34.5 Å². The lowest BCUT2D eigenvalue weighted by atomic mass is 9.78. The van der Waals surface area contributed by atoms with E-state index in [9.17, 15) is 14.7 Å². The zero-order chi connectivity index (χ0) is 29.3. The number of nitrogens with zero attached hydrogens (tertiary/aromatic N) is 4. The number of fused-ring (bicyclic) bond motifs is 1. The highest BCUT2D eigenvalue weighted by Crippen LogP contribution is 2.38. The quantitative estimate of drug-likeness (QED) is 0.296. The third-order valence-electron chi connectivity index (χ3n) is 8.53. The number of ether oxygens (including phenoxy) is 1. The van der Waals surface area contributed by atoms with Crippen LogP contribution in [0.5, 0.6) is 5.88 Å². The summed E-state index contributed by atoms with van der Waals surface area (Å²) in [5.41, 5.74) is 8.28. The second-order valence-corrected chi connectivity index (χ2v) is 13.1. The molecule has 2 saturated heterocycles. The van der Waals surface area contributed by atoms with Gasteiger partial charge >= 0.3 is 11.8 Å². The van der Waals surface area contributed by atoms with E-state index in [0.29, 0.717) is 6.54 Å². The molecule has 1 aromatic carbocycles. The highest BCUT2D eigenvalue weighted by atomic mass is 32.1. The van der Waals surface area contributed by atoms with Gasteiger partial charge in [-0.3, -0.25) is 9.59 Å². The van der Waals surface area contributed by atoms with Crippen LogP contribution in [0.25, 0.3) is 10.2 Å². The third kappa shape index (κ3) is 6.53. The number of benzene rings is 1. The molecule has 10 nitrogen and oxygen atoms in total. The number of hydrogen-bond donors (Lipinski definition) is 3. The number of piperidine rings is 2. The monoisotopic (exact) mass is 580 g/mol. The lowest BCUT2D eigenvalue weighted by Gasteiger charge is -2.38. The zero-order valence-corrected chi connectivity index (χ0v) is 25.0. The van der Waals surface area contributed by atoms with Gasteiger partial charge in [0.15, 0.2) is 0 Å². The first kappa shape index (κ1) is 29.4. The molecule has 2 aliphatic rings. The smallest absolute Gasteiger partial charge is 0.313 e. The maximum atomic E-state index is 13.5. The number of aliphatic hydroxyl groups is 1. The number of nitrogens with one attached hydrogen (secondary N) is 1. The second kappa shape index (κ2) is 12.0. The molecule has 4 heterocycles. The van der Waals surface area contributed by atoms with Crippen LogP contribution in [-0.4, -0.2) is 70.5 Å². The number of thiazole rings is 1. The molecule has 41 heavy (non-hydrogen) atoms. The molecule has 0 radical (unpaired) electrons. The molecule has 4 N–H and O–H groups in total. The van der Waals surface area contributed by atoms with E-state index in [1.54, 1.807) is 16.2 Å². The van der Waals surface area contributed by atoms with E-state index in [1.807, 2.05) is 0 Å². The average molecular weight is 581 g/mol. The Morgan fingerprint density at radius 2 is 2.02 bits per heavy atom. The number of rotatable bonds is 6. The summed E-state index contributed by atoms with van der Waals surface area (Å²) < 4.78 is 6.26. The van der Waals surface area contributed by atoms with Crippen molar-refractivity contribution in [2.24, 2.45) is 17.1 Å². The Bertz CT molecular complexity index is 1420. The van der Waals surface area contributed by atoms with Crippen LogP contribution in [0, 0.1) is 11.3 Å². The Morgan fingerprint density at radius 1 is 1.27 bits per heavy atom. The van der Waals surface area contributed by atoms with Gasteiger partial charge in [-0.05, 0) is 80.9 Å². The summed E-state index contributed by atoms with van der Waals surface area (Å²) in [5.74, 6) is -0.955. The molecule has 220 valence electrons. The molecule has 11 heteroatoms. The van der Waals surface area contributed by atoms with Gasteiger partial charge in [-0.25, -0.2) is 9.97 Å². The first-order valence-corrected chi connectivity index (χ1v) is 15.0. The van der Waals surface area contributed by atoms with Crippen LogP contribution in [0.15, 0.2) is 30.5 Å². The van der Waals surface area contributed by atoms with Crippen LogP contribution in [0.1, 0.15) is 67.9 Å². The van der Waals surface area contributed by atoms with Crippen molar-refractivity contribution in [1.82, 2.24) is 19.8 Å². The first-order chi connectivity index (χ1) is 19.5. The van der Waals surface area contributed by atoms with E-state index >= 15 is 0 Å². The van der Waals surface area contributed by atoms with Gasteiger partial charge in [-0.1, -0.05) is 19.9 Å². The average Bonchev–Trinajstić information content (AvgIpc) is 3.35. The van der Waals surface area contributed by atoms with Gasteiger partial charge in [-0.2, -0.15) is 0 Å². The number of hydrogen-bond acceptors (Lipinski definition) is 9. The molecule has 0 aliphatic carbocycles. The minimum Gasteiger partial charge on any atom is -0.481 e. The van der Waals surface area contributed by atoms with Gasteiger partial charge in [0.05, 0.1) is 45.8 Å². The maximum Gasteiger partial charge on any atom is 0.313 e. The van der Waals surface area contributed by atoms with Gasteiger partial charge < -0.3 is 30.7 Å². The third-order valence-corrected chi connectivity index (χ3v) is 9.57. The Kier molecular flexibility index (Phi) is 8.60. The summed E-state index contributed by atoms with van der Waals surface area (Å²) in [6, 6.07) is 7.50. The number of likely N-dealkylation sites (tertiary alicyclic amines) is 2. The summed E-state index contributed by atoms with van der Waals surface area (Å²) in [7, 11) is 3.59. The SMILES string of the molecule is COc1ncc(NC(=O)C(=O)N2C[C@@H](C)CC[C@@H]2c2ccc3sc(CC4(C)CCN(C)CC4)nc3c2)cc1C(N)O. The minimum atomic E-state index is -1.34. The molecule has 0 saturated carbocycles. The molecule has 5 rings (SSSR count). The van der Waals surface area contributed by atoms with Crippen LogP contribution < -0.4 is 15.8 Å². The van der Waals surface area contributed by atoms with Crippen molar-refractivity contribution in [3.63, 3.8) is 0 Å². The Labute approximate surface area is 244 Å². The molecule has 2 aliphatic heterocycles. The van der Waals surface area contributed by atoms with Crippen LogP contribution in [-0.2, 0) is 16.0 Å². The van der Waals surface area contributed by atoms with Crippen LogP contribution in [0.3, 0.4) is 0 Å². The highest BCUT2D eigenvalue weighted by molar-refractivity contribution is 7.18. The minimum absolute atomic E-state index is 0.148. The van der Waals surface area contributed by atoms with Crippen LogP contribution in [0.4, 0.5) is 5.69 Å². The lowest BCUT2D eigenvalue weighted by Crippen LogP contribution is -2.46. The lowest BCUT2D eigenvalue weighted by molar-refractivity contribution is -0.146. The van der Waals surface area contributed by atoms with Crippen molar-refractivity contribution in [2.45, 2.75) is 58.2 Å². The van der Waals surface area contributed by atoms with Gasteiger partial charge in [-0.15, -0.1) is 11.3 Å². The van der Waals surface area contributed by atoms with E-state index in [2.05, 4.69) is 54.3 Å². The van der Waals surface area contributed by atoms with Crippen molar-refractivity contribution in [3.8, 4) is 5.88 Å². The normalized spacial score (nSPS) is 22.0. The summed E-state index contributed by atoms with van der Waals surface area (Å²) >= 11 is 1.75. The number of aromatic nitrogens is 2. The molecule has 2 amide bonds. The zero-order valence-electron chi connectivity index (χ0n) is 24.2. The van der Waals surface area contributed by atoms with Gasteiger partial charge in [0.2, 0.25) is 5.88 Å². The van der Waals surface area contributed by atoms with E-state index in [1.165, 1.54) is 32.2 Å². The number of amides is 2. The predicted molar refractivity (Wildman–Crippen MR) is 160 cm³/mol. The number of carbonyl (C=O) groups excluding carboxylic acids is 2. The molecular weight excluding hydrogens is 540 g/mol. The standard InChI is InChI=1S/C30H40N6O4S/c1-18-5-7-23(36(17-18)29(39)27(38)33-20-14-21(26(31)37)28(40-4)32-16-20)19-6-8-24-22(13-19)34-25(41-24)15-30(2)9-11-35(3)12-10-30/h6,8,13-14,16,18,23,26,37H,5,7,9-12,15,17,31H2,1-4H3,(H,33,38)/t18-,23+,26?/m0/s1. The largest absolute Gasteiger partial charge is 0.481 e. The highest BCUT2D eigenvalue weighted by Gasteiger charge is 2.35. The number of carbonyl (C=O) groups is 2. The predicted octanol–water partition coefficient (Wildman–Crippen LogP) is 3.86. The maximum absolute atomic E-state index is 13.5. The topological polar surface area (TPSA) is 134 Å². The molecule has 3 aromatic rings. The fourth-order valence-electron chi connectivity index (χ4n) is 5.93. The van der Waals surface area contributed by atoms with Crippen LogP contribution >= 0.6 is 11.3 Å². The molecule has 3 atom stereocenters. The summed E-state index contributed by atoms with van der Waals surface area (Å²) in [6.45, 7) is 7.19. The first-order valence-electron chi connectivity index (χ1n) is 14.2. The van der Waals surface area contributed by atoms with Crippen molar-refractivity contribution in [3.05, 3.63) is 46.6 Å². The summed E-state index contributed by atoms with van der Waals surface area (Å²) in [5, 5.41) is 13.6. The Hall–Kier alpha value is -3.12. The van der Waals surface area contributed by atoms with E-state index in [0.717, 1.165) is 53.1 Å². The van der Waals surface area contributed by atoms with Crippen molar-refractivity contribution in [1.29, 1.82) is 0 Å². The van der Waals surface area contributed by atoms with Gasteiger partial charge in [0.25, 0.3) is 0 Å². The van der Waals surface area contributed by atoms with Crippen molar-refractivity contribution >= 4 is 39.1 Å². The molecule has 2 fully saturated rings. The summed E-state index contributed by atoms with van der Waals surface area (Å²) in [4.78, 5) is 39.8. The van der Waals surface area contributed by atoms with E-state index in [4.69, 9.17) is 15.5 Å². The van der Waals surface area contributed by atoms with E-state index < -0.39 is 18.0 Å². The molecule has 1 unspecified atom stereocenters. The second-order valence-electron chi connectivity index (χ2n) is 12.0. The summed E-state index contributed by atoms with van der Waals surface area (Å²) in [6.07, 6.45) is 5.07. The molecule has 0 spiro atoms. The molecule has 0 bridgehead atoms. The Morgan fingerprint density at radius 3 is 2.73 bits per heavy atom. The number of pyridine rings is 1. The Balaban J connectivity index is 1.34. The number of methoxy groups -OCH3 is 1.